The maximum Gasteiger partial charge on any atom is 0.419 e. The fraction of sp³-hybridized carbons (Fsp3) is 0.346. The fourth-order valence-corrected chi connectivity index (χ4v) is 5.25. The molecule has 1 aliphatic heterocycles. The summed E-state index contributed by atoms with van der Waals surface area (Å²) in [6.45, 7) is 5.18. The number of carboxylic acid groups (broad SMARTS) is 1. The molecule has 3 aromatic rings. The van der Waals surface area contributed by atoms with Crippen molar-refractivity contribution < 1.29 is 41.8 Å². The van der Waals surface area contributed by atoms with Crippen molar-refractivity contribution in [3.05, 3.63) is 57.8 Å². The number of ether oxygens (including phenoxy) is 1. The summed E-state index contributed by atoms with van der Waals surface area (Å²) in [5.74, 6) is -3.41. The molecule has 0 unspecified atom stereocenters. The minimum absolute atomic E-state index is 0.00524. The van der Waals surface area contributed by atoms with Gasteiger partial charge in [-0.25, -0.2) is 19.2 Å². The minimum Gasteiger partial charge on any atom is -0.465 e. The van der Waals surface area contributed by atoms with Gasteiger partial charge in [-0.1, -0.05) is 17.7 Å². The summed E-state index contributed by atoms with van der Waals surface area (Å²) >= 11 is 7.29. The lowest BCUT2D eigenvalue weighted by Crippen LogP contribution is -2.44. The number of pyridine rings is 1. The van der Waals surface area contributed by atoms with Gasteiger partial charge in [0.1, 0.15) is 17.2 Å². The van der Waals surface area contributed by atoms with Gasteiger partial charge >= 0.3 is 18.2 Å². The molecule has 1 aliphatic rings. The number of benzene rings is 1. The Hall–Kier alpha value is -3.98. The van der Waals surface area contributed by atoms with Gasteiger partial charge in [0.25, 0.3) is 5.91 Å². The van der Waals surface area contributed by atoms with Crippen LogP contribution in [0.25, 0.3) is 11.3 Å². The second-order valence-electron chi connectivity index (χ2n) is 10.3. The summed E-state index contributed by atoms with van der Waals surface area (Å²) in [4.78, 5) is 46.7. The van der Waals surface area contributed by atoms with Crippen LogP contribution in [-0.4, -0.2) is 57.8 Å². The predicted molar refractivity (Wildman–Crippen MR) is 146 cm³/mol. The number of hydrogen-bond acceptors (Lipinski definition) is 8. The van der Waals surface area contributed by atoms with Crippen molar-refractivity contribution >= 4 is 51.9 Å². The molecule has 3 heterocycles. The third-order valence-electron chi connectivity index (χ3n) is 6.03. The van der Waals surface area contributed by atoms with E-state index in [1.165, 1.54) is 17.6 Å². The highest BCUT2D eigenvalue weighted by atomic mass is 35.5. The molecule has 0 saturated carbocycles. The van der Waals surface area contributed by atoms with Crippen molar-refractivity contribution in [3.63, 3.8) is 0 Å². The lowest BCUT2D eigenvalue weighted by molar-refractivity contribution is -0.159. The van der Waals surface area contributed by atoms with E-state index in [0.717, 1.165) is 23.5 Å². The summed E-state index contributed by atoms with van der Waals surface area (Å²) in [5.41, 5.74) is -2.68. The quantitative estimate of drug-likeness (QED) is 0.234. The summed E-state index contributed by atoms with van der Waals surface area (Å²) in [7, 11) is 0. The molecule has 224 valence electrons. The van der Waals surface area contributed by atoms with Crippen LogP contribution in [0.1, 0.15) is 36.7 Å². The van der Waals surface area contributed by atoms with Crippen molar-refractivity contribution in [2.45, 2.75) is 38.6 Å². The number of nitrogens with zero attached hydrogens (tertiary/aromatic N) is 3. The number of anilines is 2. The summed E-state index contributed by atoms with van der Waals surface area (Å²) < 4.78 is 59.1. The zero-order chi connectivity index (χ0) is 31.0. The van der Waals surface area contributed by atoms with E-state index in [2.05, 4.69) is 20.6 Å². The second-order valence-corrected chi connectivity index (χ2v) is 11.6. The zero-order valence-corrected chi connectivity index (χ0v) is 23.8. The molecular formula is C26H24ClF4N5O5S. The molecule has 1 saturated heterocycles. The van der Waals surface area contributed by atoms with E-state index in [1.807, 2.05) is 0 Å². The van der Waals surface area contributed by atoms with Gasteiger partial charge in [-0.05, 0) is 39.0 Å². The average molecular weight is 630 g/mol. The molecule has 3 N–H and O–H groups in total. The van der Waals surface area contributed by atoms with Crippen LogP contribution < -0.4 is 15.5 Å². The predicted octanol–water partition coefficient (Wildman–Crippen LogP) is 5.68. The highest BCUT2D eigenvalue weighted by Gasteiger charge is 2.42. The van der Waals surface area contributed by atoms with Crippen LogP contribution in [0.15, 0.2) is 35.8 Å². The zero-order valence-electron chi connectivity index (χ0n) is 22.3. The summed E-state index contributed by atoms with van der Waals surface area (Å²) in [6, 6.07) is 3.33. The topological polar surface area (TPSA) is 134 Å². The highest BCUT2D eigenvalue weighted by molar-refractivity contribution is 7.14. The second kappa shape index (κ2) is 11.7. The van der Waals surface area contributed by atoms with Gasteiger partial charge in [0.05, 0.1) is 33.8 Å². The Morgan fingerprint density at radius 2 is 1.90 bits per heavy atom. The normalized spacial score (nSPS) is 17.2. The first-order valence-corrected chi connectivity index (χ1v) is 13.5. The number of halogens is 5. The molecule has 0 bridgehead atoms. The number of rotatable bonds is 6. The third-order valence-corrected chi connectivity index (χ3v) is 7.06. The SMILES string of the molecule is CC(C)(C)OC(=O)[C@H]1CN(c2ncc(C(=O)Nc3nc(-c4cccc(C(F)(F)F)c4F)cs3)cc2Cl)C[C@@H]1NC(=O)O. The number of esters is 1. The van der Waals surface area contributed by atoms with E-state index in [1.54, 1.807) is 25.7 Å². The van der Waals surface area contributed by atoms with Gasteiger partial charge < -0.3 is 20.1 Å². The number of hydrogen-bond donors (Lipinski definition) is 3. The molecule has 0 spiro atoms. The first kappa shape index (κ1) is 31.0. The minimum atomic E-state index is -4.88. The lowest BCUT2D eigenvalue weighted by atomic mass is 10.0. The first-order chi connectivity index (χ1) is 19.5. The molecule has 1 aromatic carbocycles. The number of alkyl halides is 3. The van der Waals surface area contributed by atoms with Crippen LogP contribution in [0.3, 0.4) is 0 Å². The highest BCUT2D eigenvalue weighted by Crippen LogP contribution is 2.36. The molecule has 4 rings (SSSR count). The lowest BCUT2D eigenvalue weighted by Gasteiger charge is -2.24. The number of carbonyl (C=O) groups is 3. The molecule has 10 nitrogen and oxygen atoms in total. The Morgan fingerprint density at radius 1 is 1.19 bits per heavy atom. The Bertz CT molecular complexity index is 1530. The monoisotopic (exact) mass is 629 g/mol. The summed E-state index contributed by atoms with van der Waals surface area (Å²) in [5, 5.41) is 15.4. The number of thiazole rings is 1. The Labute approximate surface area is 245 Å². The largest absolute Gasteiger partial charge is 0.465 e. The molecule has 0 aliphatic carbocycles. The van der Waals surface area contributed by atoms with Crippen molar-refractivity contribution in [2.75, 3.05) is 23.3 Å². The van der Waals surface area contributed by atoms with Crippen molar-refractivity contribution in [2.24, 2.45) is 5.92 Å². The molecule has 16 heteroatoms. The Balaban J connectivity index is 1.49. The standard InChI is InChI=1S/C26H24ClF4N5O5S/c1-25(2,3)41-22(38)14-9-36(10-17(14)34-24(39)40)20-16(27)7-12(8-32-20)21(37)35-23-33-18(11-42-23)13-5-4-6-15(19(13)28)26(29,30)31/h4-8,11,14,17,34H,9-10H2,1-3H3,(H,39,40)(H,33,35,37)/t14-,17-/m0/s1. The Morgan fingerprint density at radius 3 is 2.52 bits per heavy atom. The van der Waals surface area contributed by atoms with E-state index in [-0.39, 0.29) is 45.9 Å². The van der Waals surface area contributed by atoms with E-state index >= 15 is 0 Å². The average Bonchev–Trinajstić information content (AvgIpc) is 3.49. The number of amides is 2. The number of carbonyl (C=O) groups excluding carboxylic acids is 2. The molecule has 42 heavy (non-hydrogen) atoms. The van der Waals surface area contributed by atoms with Gasteiger partial charge in [0, 0.05) is 30.2 Å². The molecule has 2 aromatic heterocycles. The molecule has 2 atom stereocenters. The molecule has 0 radical (unpaired) electrons. The first-order valence-electron chi connectivity index (χ1n) is 12.3. The maximum absolute atomic E-state index is 14.5. The van der Waals surface area contributed by atoms with Crippen LogP contribution in [-0.2, 0) is 15.7 Å². The van der Waals surface area contributed by atoms with Gasteiger partial charge in [-0.2, -0.15) is 13.2 Å². The van der Waals surface area contributed by atoms with Crippen LogP contribution in [0.2, 0.25) is 5.02 Å². The van der Waals surface area contributed by atoms with Crippen molar-refractivity contribution in [3.8, 4) is 11.3 Å². The van der Waals surface area contributed by atoms with Crippen LogP contribution >= 0.6 is 22.9 Å². The summed E-state index contributed by atoms with van der Waals surface area (Å²) in [6.07, 6.45) is -4.99. The third kappa shape index (κ3) is 7.07. The Kier molecular flexibility index (Phi) is 8.64. The van der Waals surface area contributed by atoms with Gasteiger partial charge in [-0.15, -0.1) is 11.3 Å². The van der Waals surface area contributed by atoms with Crippen LogP contribution in [0.4, 0.5) is 33.3 Å². The number of nitrogens with one attached hydrogen (secondary N) is 2. The molecule has 1 fully saturated rings. The van der Waals surface area contributed by atoms with E-state index in [9.17, 15) is 37.1 Å². The fourth-order valence-electron chi connectivity index (χ4n) is 4.26. The van der Waals surface area contributed by atoms with Gasteiger partial charge in [0.15, 0.2) is 5.13 Å². The molecule has 2 amide bonds. The van der Waals surface area contributed by atoms with Gasteiger partial charge in [0.2, 0.25) is 0 Å². The number of aromatic nitrogens is 2. The van der Waals surface area contributed by atoms with E-state index in [0.29, 0.717) is 6.07 Å². The van der Waals surface area contributed by atoms with Crippen molar-refractivity contribution in [1.29, 1.82) is 0 Å². The molecular weight excluding hydrogens is 606 g/mol. The van der Waals surface area contributed by atoms with E-state index in [4.69, 9.17) is 16.3 Å². The maximum atomic E-state index is 14.5. The van der Waals surface area contributed by atoms with Crippen molar-refractivity contribution in [1.82, 2.24) is 15.3 Å². The van der Waals surface area contributed by atoms with Crippen LogP contribution in [0.5, 0.6) is 0 Å². The van der Waals surface area contributed by atoms with E-state index < -0.39 is 53.1 Å². The van der Waals surface area contributed by atoms with Gasteiger partial charge in [-0.3, -0.25) is 14.9 Å². The smallest absolute Gasteiger partial charge is 0.419 e. The van der Waals surface area contributed by atoms with Crippen LogP contribution in [0, 0.1) is 11.7 Å².